The second-order valence-corrected chi connectivity index (χ2v) is 43.7. The summed E-state index contributed by atoms with van der Waals surface area (Å²) in [7, 11) is 0. The first-order valence-electron chi connectivity index (χ1n) is 44.8. The van der Waals surface area contributed by atoms with Gasteiger partial charge in [-0.15, -0.1) is 0 Å². The minimum absolute atomic E-state index is 0.0397. The molecule has 6 aromatic heterocycles. The van der Waals surface area contributed by atoms with Gasteiger partial charge in [0.25, 0.3) is 0 Å². The molecule has 0 bridgehead atoms. The Morgan fingerprint density at radius 3 is 0.778 bits per heavy atom. The average molecular weight is 1650 g/mol. The molecule has 0 saturated heterocycles. The Labute approximate surface area is 740 Å². The third-order valence-corrected chi connectivity index (χ3v) is 26.8. The Morgan fingerprint density at radius 1 is 0.222 bits per heavy atom. The van der Waals surface area contributed by atoms with Gasteiger partial charge in [-0.25, -0.2) is 0 Å². The van der Waals surface area contributed by atoms with Crippen LogP contribution < -0.4 is 0 Å². The topological polar surface area (TPSA) is 93.6 Å². The highest BCUT2D eigenvalue weighted by molar-refractivity contribution is 6.21. The van der Waals surface area contributed by atoms with Gasteiger partial charge in [0.1, 0.15) is 22.9 Å². The molecule has 126 heavy (non-hydrogen) atoms. The van der Waals surface area contributed by atoms with Crippen LogP contribution in [0.15, 0.2) is 264 Å². The average Bonchev–Trinajstić information content (AvgIpc) is 1.54. The zero-order valence-corrected chi connectivity index (χ0v) is 77.7. The molecule has 0 unspecified atom stereocenters. The molecule has 6 heterocycles. The van der Waals surface area contributed by atoms with Crippen molar-refractivity contribution in [3.8, 4) is 57.1 Å². The molecule has 0 aliphatic rings. The molecular formula is C118H114N6O2. The predicted molar refractivity (Wildman–Crippen MR) is 535 cm³/mol. The van der Waals surface area contributed by atoms with Crippen LogP contribution in [0.1, 0.15) is 222 Å². The Balaban J connectivity index is 0.000000165. The van der Waals surface area contributed by atoms with Gasteiger partial charge in [0.15, 0.2) is 11.2 Å². The number of rotatable bonds is 6. The van der Waals surface area contributed by atoms with Crippen molar-refractivity contribution in [2.24, 2.45) is 0 Å². The van der Waals surface area contributed by atoms with Crippen LogP contribution in [0.3, 0.4) is 0 Å². The summed E-state index contributed by atoms with van der Waals surface area (Å²) >= 11 is 0. The van der Waals surface area contributed by atoms with E-state index >= 15 is 0 Å². The van der Waals surface area contributed by atoms with E-state index in [-0.39, 0.29) is 43.3 Å². The predicted octanol–water partition coefficient (Wildman–Crippen LogP) is 33.0. The molecule has 0 N–H and O–H groups in total. The first-order valence-corrected chi connectivity index (χ1v) is 44.8. The fourth-order valence-corrected chi connectivity index (χ4v) is 19.4. The summed E-state index contributed by atoms with van der Waals surface area (Å²) < 4.78 is 24.2. The molecule has 628 valence electrons. The van der Waals surface area contributed by atoms with E-state index in [2.05, 4.69) is 439 Å². The number of aromatic nitrogens is 4. The van der Waals surface area contributed by atoms with E-state index in [1.54, 1.807) is 0 Å². The maximum atomic E-state index is 11.6. The highest BCUT2D eigenvalue weighted by Gasteiger charge is 2.34. The van der Waals surface area contributed by atoms with Crippen molar-refractivity contribution in [1.29, 1.82) is 10.5 Å². The van der Waals surface area contributed by atoms with Crippen molar-refractivity contribution >= 4 is 131 Å². The van der Waals surface area contributed by atoms with Crippen LogP contribution in [-0.2, 0) is 43.3 Å². The zero-order chi connectivity index (χ0) is 89.1. The first-order chi connectivity index (χ1) is 59.5. The lowest BCUT2D eigenvalue weighted by Gasteiger charge is -2.21. The van der Waals surface area contributed by atoms with Gasteiger partial charge >= 0.3 is 0 Å². The highest BCUT2D eigenvalue weighted by atomic mass is 16.3. The molecule has 8 nitrogen and oxygen atoms in total. The van der Waals surface area contributed by atoms with E-state index in [1.165, 1.54) is 87.6 Å². The molecule has 0 saturated carbocycles. The summed E-state index contributed by atoms with van der Waals surface area (Å²) in [5.74, 6) is 0. The van der Waals surface area contributed by atoms with Crippen molar-refractivity contribution in [3.05, 3.63) is 310 Å². The minimum Gasteiger partial charge on any atom is -0.453 e. The summed E-state index contributed by atoms with van der Waals surface area (Å²) in [4.78, 5) is 0. The summed E-state index contributed by atoms with van der Waals surface area (Å²) in [6.45, 7) is 54.7. The van der Waals surface area contributed by atoms with Crippen LogP contribution in [0.4, 0.5) is 0 Å². The van der Waals surface area contributed by atoms with Gasteiger partial charge in [0.05, 0.1) is 83.8 Å². The van der Waals surface area contributed by atoms with Gasteiger partial charge in [0, 0.05) is 70.4 Å². The molecule has 0 amide bonds. The van der Waals surface area contributed by atoms with E-state index in [0.29, 0.717) is 22.3 Å². The SMILES string of the molecule is CC(C)(C)c1ccc2c(c1)c1cc(C(C)(C)C)ccc1n2-c1cc(-n2c3ccc(C(C)(C)C)cc3c3cc(C(C)(C)C)ccc32)c2oc3c(-c4ccccc4)cccc3c2c1C#N.CC(C)(C)c1ccc2c(c1)c1cc(C(C)(C)C)ccc1n2-c1cc(C#N)c2c(oc3c(-c4ccccc4)cccc32)c1-n1c2ccc(C(C)(C)C)cc2c2cc(C(C)(C)C)ccc21. The van der Waals surface area contributed by atoms with Gasteiger partial charge in [0.2, 0.25) is 0 Å². The van der Waals surface area contributed by atoms with Gasteiger partial charge in [-0.1, -0.05) is 312 Å². The summed E-state index contributed by atoms with van der Waals surface area (Å²) in [6, 6.07) is 98.9. The fourth-order valence-electron chi connectivity index (χ4n) is 19.4. The van der Waals surface area contributed by atoms with Crippen molar-refractivity contribution < 1.29 is 8.83 Å². The number of fused-ring (bicyclic) bond motifs is 18. The van der Waals surface area contributed by atoms with Gasteiger partial charge in [-0.05, 0) is 208 Å². The Hall–Kier alpha value is -13.1. The fraction of sp³-hybridized carbons (Fsp3) is 0.271. The molecule has 0 aliphatic carbocycles. The number of nitrogens with zero attached hydrogens (tertiary/aromatic N) is 6. The lowest BCUT2D eigenvalue weighted by molar-refractivity contribution is 0.590. The maximum Gasteiger partial charge on any atom is 0.162 e. The maximum absolute atomic E-state index is 11.6. The van der Waals surface area contributed by atoms with Crippen LogP contribution in [-0.4, -0.2) is 18.3 Å². The molecule has 0 spiro atoms. The van der Waals surface area contributed by atoms with Crippen LogP contribution >= 0.6 is 0 Å². The molecule has 20 aromatic rings. The first kappa shape index (κ1) is 82.5. The Bertz CT molecular complexity index is 7690. The van der Waals surface area contributed by atoms with E-state index in [1.807, 2.05) is 12.1 Å². The summed E-state index contributed by atoms with van der Waals surface area (Å²) in [6.07, 6.45) is 0. The highest BCUT2D eigenvalue weighted by Crippen LogP contribution is 2.52. The smallest absolute Gasteiger partial charge is 0.162 e. The Morgan fingerprint density at radius 2 is 0.492 bits per heavy atom. The van der Waals surface area contributed by atoms with E-state index in [0.717, 1.165) is 122 Å². The van der Waals surface area contributed by atoms with Crippen LogP contribution in [0.2, 0.25) is 0 Å². The monoisotopic (exact) mass is 1650 g/mol. The molecule has 8 heteroatoms. The largest absolute Gasteiger partial charge is 0.453 e. The third-order valence-electron chi connectivity index (χ3n) is 26.8. The second-order valence-electron chi connectivity index (χ2n) is 43.7. The van der Waals surface area contributed by atoms with E-state index < -0.39 is 0 Å². The Kier molecular flexibility index (Phi) is 18.8. The number of furan rings is 2. The molecule has 20 rings (SSSR count). The summed E-state index contributed by atoms with van der Waals surface area (Å²) in [5, 5.41) is 35.9. The number of hydrogen-bond donors (Lipinski definition) is 0. The van der Waals surface area contributed by atoms with Gasteiger partial charge < -0.3 is 27.1 Å². The lowest BCUT2D eigenvalue weighted by atomic mass is 9.85. The van der Waals surface area contributed by atoms with Crippen LogP contribution in [0, 0.1) is 22.7 Å². The van der Waals surface area contributed by atoms with Crippen molar-refractivity contribution in [2.45, 2.75) is 209 Å². The van der Waals surface area contributed by atoms with E-state index in [4.69, 9.17) is 8.83 Å². The molecule has 0 radical (unpaired) electrons. The number of benzene rings is 14. The third kappa shape index (κ3) is 13.5. The number of hydrogen-bond acceptors (Lipinski definition) is 4. The summed E-state index contributed by atoms with van der Waals surface area (Å²) in [5.41, 5.74) is 30.3. The minimum atomic E-state index is -0.0511. The van der Waals surface area contributed by atoms with Crippen molar-refractivity contribution in [3.63, 3.8) is 0 Å². The quantitative estimate of drug-likeness (QED) is 0.166. The second kappa shape index (κ2) is 28.7. The van der Waals surface area contributed by atoms with Gasteiger partial charge in [-0.2, -0.15) is 10.5 Å². The number of para-hydroxylation sites is 2. The zero-order valence-electron chi connectivity index (χ0n) is 77.7. The molecule has 0 fully saturated rings. The standard InChI is InChI=1S/2C59H57N3O/c1-56(2,3)37-21-25-47-43(30-37)44-31-38(57(4,5)6)22-26-48(44)61(47)51-29-36(34-60)52-42-20-16-19-41(35-17-14-13-15-18-35)54(42)63-55(52)53(51)62-49-27-23-39(58(7,8)9)32-45(49)46-33-40(59(10,11)12)24-28-50(46)62;1-56(2,3)36-21-25-47-42(29-36)43-30-37(57(4,5)6)22-26-48(43)61(47)51-33-52(55-53(46(51)34-60)41-20-16-19-40(54(41)63-55)35-17-14-13-15-18-35)62-49-27-23-38(58(7,8)9)31-44(49)45-32-39(59(10,11)12)24-28-50(45)62/h2*13-33H,1-12H3. The number of nitriles is 2. The van der Waals surface area contributed by atoms with E-state index in [9.17, 15) is 10.5 Å². The molecule has 0 atom stereocenters. The molecule has 14 aromatic carbocycles. The van der Waals surface area contributed by atoms with Crippen molar-refractivity contribution in [1.82, 2.24) is 18.3 Å². The molecule has 0 aliphatic heterocycles. The normalized spacial score (nSPS) is 13.1. The molecular weight excluding hydrogens is 1530 g/mol. The van der Waals surface area contributed by atoms with Crippen LogP contribution in [0.25, 0.3) is 176 Å². The van der Waals surface area contributed by atoms with Gasteiger partial charge in [-0.3, -0.25) is 0 Å². The van der Waals surface area contributed by atoms with Crippen LogP contribution in [0.5, 0.6) is 0 Å². The van der Waals surface area contributed by atoms with Crippen molar-refractivity contribution in [2.75, 3.05) is 0 Å². The lowest BCUT2D eigenvalue weighted by Crippen LogP contribution is -2.11.